The number of hydrogen-bond donors (Lipinski definition) is 2. The highest BCUT2D eigenvalue weighted by Gasteiger charge is 2.26. The second-order valence-corrected chi connectivity index (χ2v) is 7.77. The average Bonchev–Trinajstić information content (AvgIpc) is 2.65. The Labute approximate surface area is 181 Å². The van der Waals surface area contributed by atoms with Crippen molar-refractivity contribution in [3.8, 4) is 0 Å². The van der Waals surface area contributed by atoms with Gasteiger partial charge in [-0.25, -0.2) is 14.4 Å². The van der Waals surface area contributed by atoms with E-state index >= 15 is 0 Å². The predicted molar refractivity (Wildman–Crippen MR) is 118 cm³/mol. The van der Waals surface area contributed by atoms with Crippen molar-refractivity contribution < 1.29 is 9.18 Å². The molecule has 0 saturated heterocycles. The number of nitrogens with one attached hydrogen (secondary N) is 2. The van der Waals surface area contributed by atoms with E-state index in [-0.39, 0.29) is 35.3 Å². The zero-order chi connectivity index (χ0) is 20.3. The van der Waals surface area contributed by atoms with Crippen LogP contribution in [-0.2, 0) is 4.79 Å². The van der Waals surface area contributed by atoms with Crippen LogP contribution in [0.3, 0.4) is 0 Å². The number of aryl methyl sites for hydroxylation is 1. The number of halogens is 3. The molecule has 3 rings (SSSR count). The third-order valence-corrected chi connectivity index (χ3v) is 5.21. The SMILES string of the molecule is Cc1nc(NC2CCC(C(=O)Nc3ccc(F)c(Cl)c3)CC2)cc(N(C)C)n1.Cl. The number of anilines is 3. The van der Waals surface area contributed by atoms with Crippen molar-refractivity contribution in [3.05, 3.63) is 40.9 Å². The smallest absolute Gasteiger partial charge is 0.227 e. The summed E-state index contributed by atoms with van der Waals surface area (Å²) in [4.78, 5) is 23.3. The van der Waals surface area contributed by atoms with Gasteiger partial charge < -0.3 is 15.5 Å². The van der Waals surface area contributed by atoms with Gasteiger partial charge in [-0.05, 0) is 50.8 Å². The van der Waals surface area contributed by atoms with Gasteiger partial charge in [0.1, 0.15) is 23.3 Å². The van der Waals surface area contributed by atoms with E-state index in [0.29, 0.717) is 5.69 Å². The molecule has 6 nitrogen and oxygen atoms in total. The molecule has 1 aliphatic rings. The van der Waals surface area contributed by atoms with Crippen LogP contribution in [0.25, 0.3) is 0 Å². The highest BCUT2D eigenvalue weighted by atomic mass is 35.5. The molecule has 0 spiro atoms. The van der Waals surface area contributed by atoms with Crippen molar-refractivity contribution in [2.45, 2.75) is 38.6 Å². The number of amides is 1. The number of rotatable bonds is 5. The molecule has 1 saturated carbocycles. The first-order chi connectivity index (χ1) is 13.3. The van der Waals surface area contributed by atoms with E-state index in [1.165, 1.54) is 18.2 Å². The Hall–Kier alpha value is -2.12. The van der Waals surface area contributed by atoms with Crippen LogP contribution in [0, 0.1) is 18.7 Å². The van der Waals surface area contributed by atoms with E-state index in [1.54, 1.807) is 0 Å². The van der Waals surface area contributed by atoms with Gasteiger partial charge in [-0.3, -0.25) is 4.79 Å². The second kappa shape index (κ2) is 10.1. The number of carbonyl (C=O) groups excluding carboxylic acids is 1. The lowest BCUT2D eigenvalue weighted by molar-refractivity contribution is -0.120. The lowest BCUT2D eigenvalue weighted by Gasteiger charge is -2.29. The molecule has 1 aliphatic carbocycles. The van der Waals surface area contributed by atoms with Gasteiger partial charge in [-0.1, -0.05) is 11.6 Å². The summed E-state index contributed by atoms with van der Waals surface area (Å²) in [6.45, 7) is 1.88. The molecule has 1 amide bonds. The van der Waals surface area contributed by atoms with Crippen LogP contribution >= 0.6 is 24.0 Å². The maximum absolute atomic E-state index is 13.2. The lowest BCUT2D eigenvalue weighted by Crippen LogP contribution is -2.32. The van der Waals surface area contributed by atoms with Crippen molar-refractivity contribution in [2.24, 2.45) is 5.92 Å². The Balaban J connectivity index is 0.00000300. The van der Waals surface area contributed by atoms with E-state index in [1.807, 2.05) is 32.0 Å². The molecule has 0 atom stereocenters. The number of hydrogen-bond acceptors (Lipinski definition) is 5. The van der Waals surface area contributed by atoms with Gasteiger partial charge in [0, 0.05) is 37.8 Å². The Kier molecular flexibility index (Phi) is 8.05. The number of benzene rings is 1. The van der Waals surface area contributed by atoms with E-state index in [2.05, 4.69) is 20.6 Å². The maximum Gasteiger partial charge on any atom is 0.227 e. The van der Waals surface area contributed by atoms with Gasteiger partial charge in [0.25, 0.3) is 0 Å². The minimum absolute atomic E-state index is 0. The predicted octanol–water partition coefficient (Wildman–Crippen LogP) is 4.67. The second-order valence-electron chi connectivity index (χ2n) is 7.36. The van der Waals surface area contributed by atoms with Crippen molar-refractivity contribution >= 4 is 47.2 Å². The minimum Gasteiger partial charge on any atom is -0.367 e. The van der Waals surface area contributed by atoms with Crippen molar-refractivity contribution in [1.82, 2.24) is 9.97 Å². The Morgan fingerprint density at radius 1 is 1.17 bits per heavy atom. The first-order valence-corrected chi connectivity index (χ1v) is 9.75. The summed E-state index contributed by atoms with van der Waals surface area (Å²) in [5.74, 6) is 1.79. The molecular weight excluding hydrogens is 416 g/mol. The van der Waals surface area contributed by atoms with Gasteiger partial charge >= 0.3 is 0 Å². The molecule has 158 valence electrons. The fourth-order valence-corrected chi connectivity index (χ4v) is 3.56. The topological polar surface area (TPSA) is 70.2 Å². The molecular formula is C20H26Cl2FN5O. The molecule has 1 heterocycles. The lowest BCUT2D eigenvalue weighted by atomic mass is 9.85. The average molecular weight is 442 g/mol. The summed E-state index contributed by atoms with van der Waals surface area (Å²) in [7, 11) is 3.90. The fraction of sp³-hybridized carbons (Fsp3) is 0.450. The minimum atomic E-state index is -0.497. The molecule has 0 bridgehead atoms. The van der Waals surface area contributed by atoms with Gasteiger partial charge in [0.15, 0.2) is 0 Å². The Morgan fingerprint density at radius 2 is 1.86 bits per heavy atom. The summed E-state index contributed by atoms with van der Waals surface area (Å²) in [5, 5.41) is 6.31. The zero-order valence-corrected chi connectivity index (χ0v) is 18.3. The summed E-state index contributed by atoms with van der Waals surface area (Å²) >= 11 is 5.77. The van der Waals surface area contributed by atoms with Crippen LogP contribution in [0.4, 0.5) is 21.7 Å². The molecule has 1 aromatic carbocycles. The first kappa shape index (κ1) is 23.2. The quantitative estimate of drug-likeness (QED) is 0.704. The van der Waals surface area contributed by atoms with Crippen LogP contribution in [-0.4, -0.2) is 36.0 Å². The van der Waals surface area contributed by atoms with Crippen LogP contribution < -0.4 is 15.5 Å². The molecule has 0 aliphatic heterocycles. The van der Waals surface area contributed by atoms with Crippen molar-refractivity contribution in [2.75, 3.05) is 29.6 Å². The van der Waals surface area contributed by atoms with Gasteiger partial charge in [0.2, 0.25) is 5.91 Å². The Bertz CT molecular complexity index is 857. The van der Waals surface area contributed by atoms with Crippen LogP contribution in [0.1, 0.15) is 31.5 Å². The molecule has 9 heteroatoms. The van der Waals surface area contributed by atoms with E-state index in [9.17, 15) is 9.18 Å². The third-order valence-electron chi connectivity index (χ3n) is 4.92. The molecule has 1 fully saturated rings. The molecule has 1 aromatic heterocycles. The van der Waals surface area contributed by atoms with Crippen LogP contribution in [0.15, 0.2) is 24.3 Å². The number of aromatic nitrogens is 2. The number of nitrogens with zero attached hydrogens (tertiary/aromatic N) is 3. The highest BCUT2D eigenvalue weighted by molar-refractivity contribution is 6.31. The summed E-state index contributed by atoms with van der Waals surface area (Å²) < 4.78 is 13.2. The first-order valence-electron chi connectivity index (χ1n) is 9.37. The summed E-state index contributed by atoms with van der Waals surface area (Å²) in [6.07, 6.45) is 3.32. The molecule has 29 heavy (non-hydrogen) atoms. The summed E-state index contributed by atoms with van der Waals surface area (Å²) in [5.41, 5.74) is 0.518. The fourth-order valence-electron chi connectivity index (χ4n) is 3.38. The van der Waals surface area contributed by atoms with E-state index in [4.69, 9.17) is 11.6 Å². The number of carbonyl (C=O) groups is 1. The maximum atomic E-state index is 13.2. The zero-order valence-electron chi connectivity index (χ0n) is 16.7. The van der Waals surface area contributed by atoms with Gasteiger partial charge in [0.05, 0.1) is 5.02 Å². The van der Waals surface area contributed by atoms with E-state index < -0.39 is 5.82 Å². The van der Waals surface area contributed by atoms with Crippen molar-refractivity contribution in [3.63, 3.8) is 0 Å². The third kappa shape index (κ3) is 6.18. The monoisotopic (exact) mass is 441 g/mol. The van der Waals surface area contributed by atoms with Gasteiger partial charge in [-0.15, -0.1) is 12.4 Å². The molecule has 2 N–H and O–H groups in total. The van der Waals surface area contributed by atoms with Crippen LogP contribution in [0.5, 0.6) is 0 Å². The largest absolute Gasteiger partial charge is 0.367 e. The van der Waals surface area contributed by atoms with Gasteiger partial charge in [-0.2, -0.15) is 0 Å². The normalized spacial score (nSPS) is 18.5. The standard InChI is InChI=1S/C20H25ClFN5O.ClH/c1-12-23-18(11-19(24-12)27(2)3)25-14-6-4-13(5-7-14)20(28)26-15-8-9-17(22)16(21)10-15;/h8-11,13-14H,4-7H2,1-3H3,(H,26,28)(H,23,24,25);1H. The molecule has 0 unspecified atom stereocenters. The van der Waals surface area contributed by atoms with Crippen LogP contribution in [0.2, 0.25) is 5.02 Å². The highest BCUT2D eigenvalue weighted by Crippen LogP contribution is 2.28. The Morgan fingerprint density at radius 3 is 2.48 bits per heavy atom. The van der Waals surface area contributed by atoms with Crippen molar-refractivity contribution in [1.29, 1.82) is 0 Å². The summed E-state index contributed by atoms with van der Waals surface area (Å²) in [6, 6.07) is 6.41. The van der Waals surface area contributed by atoms with E-state index in [0.717, 1.165) is 43.1 Å². The molecule has 0 radical (unpaired) electrons. The molecule has 2 aromatic rings.